The molecule has 100 valence electrons. The number of ether oxygens (including phenoxy) is 1. The first kappa shape index (κ1) is 13.9. The van der Waals surface area contributed by atoms with Gasteiger partial charge < -0.3 is 10.5 Å². The van der Waals surface area contributed by atoms with Crippen LogP contribution in [-0.4, -0.2) is 6.61 Å². The van der Waals surface area contributed by atoms with Crippen molar-refractivity contribution in [1.29, 1.82) is 0 Å². The highest BCUT2D eigenvalue weighted by Crippen LogP contribution is 2.20. The van der Waals surface area contributed by atoms with Gasteiger partial charge in [0.25, 0.3) is 0 Å². The Morgan fingerprint density at radius 2 is 1.79 bits per heavy atom. The lowest BCUT2D eigenvalue weighted by molar-refractivity contribution is 0.290. The van der Waals surface area contributed by atoms with Crippen molar-refractivity contribution >= 4 is 11.6 Å². The van der Waals surface area contributed by atoms with Crippen LogP contribution in [0, 0.1) is 13.8 Å². The molecule has 0 aromatic heterocycles. The van der Waals surface area contributed by atoms with E-state index in [9.17, 15) is 0 Å². The second kappa shape index (κ2) is 6.09. The zero-order valence-electron chi connectivity index (χ0n) is 11.2. The first-order chi connectivity index (χ1) is 9.06. The van der Waals surface area contributed by atoms with E-state index >= 15 is 0 Å². The first-order valence-electron chi connectivity index (χ1n) is 6.27. The van der Waals surface area contributed by atoms with Gasteiger partial charge >= 0.3 is 0 Å². The van der Waals surface area contributed by atoms with Crippen molar-refractivity contribution in [2.24, 2.45) is 5.73 Å². The third-order valence-electron chi connectivity index (χ3n) is 3.08. The van der Waals surface area contributed by atoms with Crippen LogP contribution in [-0.2, 0) is 0 Å². The molecular weight excluding hydrogens is 258 g/mol. The minimum atomic E-state index is -0.129. The molecule has 0 saturated carbocycles. The van der Waals surface area contributed by atoms with Crippen LogP contribution in [0.25, 0.3) is 0 Å². The zero-order chi connectivity index (χ0) is 13.8. The molecular formula is C16H18ClNO. The maximum atomic E-state index is 6.19. The summed E-state index contributed by atoms with van der Waals surface area (Å²) in [5, 5.41) is 0.700. The van der Waals surface area contributed by atoms with Crippen LogP contribution >= 0.6 is 11.6 Å². The molecule has 0 aliphatic heterocycles. The monoisotopic (exact) mass is 275 g/mol. The standard InChI is InChI=1S/C16H18ClNO/c1-11-3-4-12(2)15(9-11)16(18)10-19-14-7-5-13(17)6-8-14/h3-9,16H,10,18H2,1-2H3. The predicted octanol–water partition coefficient (Wildman–Crippen LogP) is 4.04. The number of hydrogen-bond donors (Lipinski definition) is 1. The van der Waals surface area contributed by atoms with Crippen molar-refractivity contribution < 1.29 is 4.74 Å². The molecule has 19 heavy (non-hydrogen) atoms. The maximum Gasteiger partial charge on any atom is 0.119 e. The van der Waals surface area contributed by atoms with E-state index in [0.717, 1.165) is 11.3 Å². The van der Waals surface area contributed by atoms with E-state index in [0.29, 0.717) is 11.6 Å². The predicted molar refractivity (Wildman–Crippen MR) is 79.8 cm³/mol. The Labute approximate surface area is 119 Å². The zero-order valence-corrected chi connectivity index (χ0v) is 11.9. The van der Waals surface area contributed by atoms with Crippen LogP contribution in [0.5, 0.6) is 5.75 Å². The van der Waals surface area contributed by atoms with Crippen LogP contribution in [0.1, 0.15) is 22.7 Å². The molecule has 1 atom stereocenters. The fraction of sp³-hybridized carbons (Fsp3) is 0.250. The number of hydrogen-bond acceptors (Lipinski definition) is 2. The molecule has 0 aliphatic carbocycles. The van der Waals surface area contributed by atoms with Crippen LogP contribution in [0.3, 0.4) is 0 Å². The molecule has 2 aromatic rings. The van der Waals surface area contributed by atoms with E-state index in [-0.39, 0.29) is 6.04 Å². The lowest BCUT2D eigenvalue weighted by Crippen LogP contribution is -2.20. The molecule has 0 aliphatic rings. The second-order valence-corrected chi connectivity index (χ2v) is 5.17. The molecule has 0 fully saturated rings. The average molecular weight is 276 g/mol. The van der Waals surface area contributed by atoms with Gasteiger partial charge in [0.2, 0.25) is 0 Å². The largest absolute Gasteiger partial charge is 0.492 e. The number of nitrogens with two attached hydrogens (primary N) is 1. The van der Waals surface area contributed by atoms with Gasteiger partial charge in [-0.25, -0.2) is 0 Å². The number of aryl methyl sites for hydroxylation is 2. The van der Waals surface area contributed by atoms with Crippen molar-refractivity contribution in [1.82, 2.24) is 0 Å². The summed E-state index contributed by atoms with van der Waals surface area (Å²) >= 11 is 5.83. The van der Waals surface area contributed by atoms with Gasteiger partial charge in [-0.1, -0.05) is 35.4 Å². The van der Waals surface area contributed by atoms with Crippen LogP contribution in [0.2, 0.25) is 5.02 Å². The van der Waals surface area contributed by atoms with Crippen molar-refractivity contribution in [3.05, 3.63) is 64.2 Å². The van der Waals surface area contributed by atoms with Gasteiger partial charge in [-0.2, -0.15) is 0 Å². The van der Waals surface area contributed by atoms with Gasteiger partial charge in [0.05, 0.1) is 6.04 Å². The summed E-state index contributed by atoms with van der Waals surface area (Å²) in [7, 11) is 0. The average Bonchev–Trinajstić information content (AvgIpc) is 2.40. The van der Waals surface area contributed by atoms with Gasteiger partial charge in [-0.15, -0.1) is 0 Å². The second-order valence-electron chi connectivity index (χ2n) is 4.73. The van der Waals surface area contributed by atoms with Gasteiger partial charge in [0.15, 0.2) is 0 Å². The quantitative estimate of drug-likeness (QED) is 0.914. The maximum absolute atomic E-state index is 6.19. The van der Waals surface area contributed by atoms with Crippen molar-refractivity contribution in [2.45, 2.75) is 19.9 Å². The van der Waals surface area contributed by atoms with Crippen LogP contribution in [0.15, 0.2) is 42.5 Å². The molecule has 2 rings (SSSR count). The molecule has 0 spiro atoms. The smallest absolute Gasteiger partial charge is 0.119 e. The first-order valence-corrected chi connectivity index (χ1v) is 6.65. The summed E-state index contributed by atoms with van der Waals surface area (Å²) in [6.07, 6.45) is 0. The minimum Gasteiger partial charge on any atom is -0.492 e. The number of halogens is 1. The summed E-state index contributed by atoms with van der Waals surface area (Å²) in [6, 6.07) is 13.5. The van der Waals surface area contributed by atoms with E-state index in [1.165, 1.54) is 11.1 Å². The summed E-state index contributed by atoms with van der Waals surface area (Å²) in [6.45, 7) is 4.58. The fourth-order valence-electron chi connectivity index (χ4n) is 1.97. The SMILES string of the molecule is Cc1ccc(C)c(C(N)COc2ccc(Cl)cc2)c1. The number of rotatable bonds is 4. The van der Waals surface area contributed by atoms with E-state index in [1.807, 2.05) is 12.1 Å². The molecule has 0 heterocycles. The lowest BCUT2D eigenvalue weighted by Gasteiger charge is -2.16. The summed E-state index contributed by atoms with van der Waals surface area (Å²) in [5.41, 5.74) is 9.73. The minimum absolute atomic E-state index is 0.129. The molecule has 1 unspecified atom stereocenters. The Bertz CT molecular complexity index is 551. The molecule has 2 aromatic carbocycles. The summed E-state index contributed by atoms with van der Waals surface area (Å²) in [5.74, 6) is 0.783. The van der Waals surface area contributed by atoms with Gasteiger partial charge in [0, 0.05) is 5.02 Å². The molecule has 0 radical (unpaired) electrons. The van der Waals surface area contributed by atoms with Crippen molar-refractivity contribution in [2.75, 3.05) is 6.61 Å². The highest BCUT2D eigenvalue weighted by atomic mass is 35.5. The molecule has 0 saturated heterocycles. The highest BCUT2D eigenvalue weighted by molar-refractivity contribution is 6.30. The Morgan fingerprint density at radius 1 is 1.11 bits per heavy atom. The normalized spacial score (nSPS) is 12.2. The summed E-state index contributed by atoms with van der Waals surface area (Å²) in [4.78, 5) is 0. The van der Waals surface area contributed by atoms with E-state index in [1.54, 1.807) is 12.1 Å². The Morgan fingerprint density at radius 3 is 2.47 bits per heavy atom. The van der Waals surface area contributed by atoms with E-state index in [4.69, 9.17) is 22.1 Å². The van der Waals surface area contributed by atoms with Crippen LogP contribution < -0.4 is 10.5 Å². The molecule has 0 bridgehead atoms. The Kier molecular flexibility index (Phi) is 4.46. The Balaban J connectivity index is 2.03. The Hall–Kier alpha value is -1.51. The lowest BCUT2D eigenvalue weighted by atomic mass is 10.00. The fourth-order valence-corrected chi connectivity index (χ4v) is 2.09. The molecule has 2 nitrogen and oxygen atoms in total. The number of benzene rings is 2. The van der Waals surface area contributed by atoms with E-state index in [2.05, 4.69) is 32.0 Å². The van der Waals surface area contributed by atoms with Crippen molar-refractivity contribution in [3.8, 4) is 5.75 Å². The molecule has 0 amide bonds. The van der Waals surface area contributed by atoms with Crippen LogP contribution in [0.4, 0.5) is 0 Å². The topological polar surface area (TPSA) is 35.2 Å². The van der Waals surface area contributed by atoms with Gasteiger partial charge in [0.1, 0.15) is 12.4 Å². The third kappa shape index (κ3) is 3.72. The summed E-state index contributed by atoms with van der Waals surface area (Å²) < 4.78 is 5.69. The van der Waals surface area contributed by atoms with Gasteiger partial charge in [-0.3, -0.25) is 0 Å². The van der Waals surface area contributed by atoms with Gasteiger partial charge in [-0.05, 0) is 49.2 Å². The highest BCUT2D eigenvalue weighted by Gasteiger charge is 2.10. The molecule has 3 heteroatoms. The molecule has 2 N–H and O–H groups in total. The van der Waals surface area contributed by atoms with Crippen molar-refractivity contribution in [3.63, 3.8) is 0 Å². The third-order valence-corrected chi connectivity index (χ3v) is 3.33. The van der Waals surface area contributed by atoms with E-state index < -0.39 is 0 Å².